The third kappa shape index (κ3) is 9.73. The van der Waals surface area contributed by atoms with Crippen LogP contribution in [-0.2, 0) is 14.3 Å². The molecule has 7 nitrogen and oxygen atoms in total. The van der Waals surface area contributed by atoms with Crippen LogP contribution in [0.1, 0.15) is 75.3 Å². The highest BCUT2D eigenvalue weighted by molar-refractivity contribution is 7.98. The summed E-state index contributed by atoms with van der Waals surface area (Å²) in [5, 5.41) is 5.89. The van der Waals surface area contributed by atoms with E-state index >= 15 is 0 Å². The molecular formula is C32H45N3O4S. The summed E-state index contributed by atoms with van der Waals surface area (Å²) in [6, 6.07) is 11.6. The van der Waals surface area contributed by atoms with Crippen molar-refractivity contribution in [2.75, 3.05) is 23.9 Å². The SMILES string of the molecule is C=Cc1cccc(C(C(=O)Nc2c(C)cccc2C)N(CCCC)C(=O)C(CCSC)NC(=O)OC(C)(C)C)c1. The summed E-state index contributed by atoms with van der Waals surface area (Å²) in [6.45, 7) is 15.5. The number of carbonyl (C=O) groups is 3. The van der Waals surface area contributed by atoms with Crippen molar-refractivity contribution in [3.8, 4) is 0 Å². The molecule has 2 unspecified atom stereocenters. The van der Waals surface area contributed by atoms with Crippen LogP contribution in [0.3, 0.4) is 0 Å². The number of anilines is 1. The molecule has 0 heterocycles. The second-order valence-electron chi connectivity index (χ2n) is 10.9. The van der Waals surface area contributed by atoms with Gasteiger partial charge in [0, 0.05) is 12.2 Å². The number of carbonyl (C=O) groups excluding carboxylic acids is 3. The zero-order chi connectivity index (χ0) is 29.9. The number of para-hydroxylation sites is 1. The van der Waals surface area contributed by atoms with Gasteiger partial charge in [0.25, 0.3) is 5.91 Å². The topological polar surface area (TPSA) is 87.7 Å². The van der Waals surface area contributed by atoms with Crippen molar-refractivity contribution >= 4 is 41.4 Å². The lowest BCUT2D eigenvalue weighted by molar-refractivity contribution is -0.141. The Morgan fingerprint density at radius 2 is 1.75 bits per heavy atom. The smallest absolute Gasteiger partial charge is 0.408 e. The molecule has 0 aliphatic rings. The van der Waals surface area contributed by atoms with Gasteiger partial charge in [-0.25, -0.2) is 4.79 Å². The summed E-state index contributed by atoms with van der Waals surface area (Å²) in [4.78, 5) is 42.7. The highest BCUT2D eigenvalue weighted by atomic mass is 32.2. The predicted molar refractivity (Wildman–Crippen MR) is 167 cm³/mol. The number of rotatable bonds is 13. The molecule has 0 saturated carbocycles. The van der Waals surface area contributed by atoms with E-state index in [0.717, 1.165) is 28.8 Å². The van der Waals surface area contributed by atoms with Gasteiger partial charge in [-0.1, -0.05) is 62.4 Å². The van der Waals surface area contributed by atoms with Gasteiger partial charge in [0.2, 0.25) is 5.91 Å². The lowest BCUT2D eigenvalue weighted by atomic mass is 9.99. The van der Waals surface area contributed by atoms with E-state index in [4.69, 9.17) is 4.74 Å². The molecule has 0 aromatic heterocycles. The van der Waals surface area contributed by atoms with E-state index in [1.54, 1.807) is 43.5 Å². The van der Waals surface area contributed by atoms with Gasteiger partial charge >= 0.3 is 6.09 Å². The zero-order valence-electron chi connectivity index (χ0n) is 25.0. The summed E-state index contributed by atoms with van der Waals surface area (Å²) in [7, 11) is 0. The van der Waals surface area contributed by atoms with Crippen molar-refractivity contribution in [3.63, 3.8) is 0 Å². The van der Waals surface area contributed by atoms with Crippen LogP contribution in [0.2, 0.25) is 0 Å². The van der Waals surface area contributed by atoms with E-state index in [2.05, 4.69) is 17.2 Å². The number of nitrogens with zero attached hydrogens (tertiary/aromatic N) is 1. The fraction of sp³-hybridized carbons (Fsp3) is 0.469. The molecule has 0 radical (unpaired) electrons. The van der Waals surface area contributed by atoms with Crippen molar-refractivity contribution in [3.05, 3.63) is 71.3 Å². The Balaban J connectivity index is 2.59. The standard InChI is InChI=1S/C32H45N3O4S/c1-9-11-19-35(30(37)26(18-20-40-8)33-31(38)39-32(5,6)7)28(25-17-13-16-24(10-2)21-25)29(36)34-27-22(3)14-12-15-23(27)4/h10,12-17,21,26,28H,2,9,11,18-20H2,1,3-8H3,(H,33,38)(H,34,36). The molecule has 0 aliphatic heterocycles. The number of hydrogen-bond acceptors (Lipinski definition) is 5. The highest BCUT2D eigenvalue weighted by Crippen LogP contribution is 2.28. The Hall–Kier alpha value is -3.26. The minimum Gasteiger partial charge on any atom is -0.444 e. The molecule has 2 N–H and O–H groups in total. The number of alkyl carbamates (subject to hydrolysis) is 1. The number of unbranched alkanes of at least 4 members (excludes halogenated alkanes) is 1. The minimum absolute atomic E-state index is 0.316. The quantitative estimate of drug-likeness (QED) is 0.275. The van der Waals surface area contributed by atoms with Gasteiger partial charge in [-0.05, 0) is 87.8 Å². The van der Waals surface area contributed by atoms with Crippen molar-refractivity contribution in [1.82, 2.24) is 10.2 Å². The van der Waals surface area contributed by atoms with Gasteiger partial charge in [0.05, 0.1) is 0 Å². The molecule has 3 amide bonds. The number of aryl methyl sites for hydroxylation is 2. The molecular weight excluding hydrogens is 522 g/mol. The van der Waals surface area contributed by atoms with E-state index in [0.29, 0.717) is 30.7 Å². The van der Waals surface area contributed by atoms with Crippen LogP contribution < -0.4 is 10.6 Å². The van der Waals surface area contributed by atoms with Crippen LogP contribution in [0.25, 0.3) is 6.08 Å². The first kappa shape index (κ1) is 32.9. The molecule has 2 rings (SSSR count). The molecule has 2 atom stereocenters. The first-order valence-electron chi connectivity index (χ1n) is 13.8. The highest BCUT2D eigenvalue weighted by Gasteiger charge is 2.36. The average molecular weight is 568 g/mol. The fourth-order valence-corrected chi connectivity index (χ4v) is 4.84. The Morgan fingerprint density at radius 1 is 1.10 bits per heavy atom. The Morgan fingerprint density at radius 3 is 2.33 bits per heavy atom. The van der Waals surface area contributed by atoms with Crippen LogP contribution in [0.4, 0.5) is 10.5 Å². The van der Waals surface area contributed by atoms with E-state index < -0.39 is 23.8 Å². The van der Waals surface area contributed by atoms with E-state index in [1.807, 2.05) is 69.5 Å². The Labute approximate surface area is 244 Å². The van der Waals surface area contributed by atoms with Crippen LogP contribution in [0.15, 0.2) is 49.0 Å². The minimum atomic E-state index is -0.921. The zero-order valence-corrected chi connectivity index (χ0v) is 25.8. The van der Waals surface area contributed by atoms with Gasteiger partial charge in [-0.2, -0.15) is 11.8 Å². The van der Waals surface area contributed by atoms with Crippen LogP contribution in [-0.4, -0.2) is 53.0 Å². The number of ether oxygens (including phenoxy) is 1. The van der Waals surface area contributed by atoms with Crippen molar-refractivity contribution in [2.24, 2.45) is 0 Å². The molecule has 8 heteroatoms. The maximum absolute atomic E-state index is 14.3. The van der Waals surface area contributed by atoms with Gasteiger partial charge in [-0.15, -0.1) is 0 Å². The number of hydrogen-bond donors (Lipinski definition) is 2. The second kappa shape index (κ2) is 15.5. The van der Waals surface area contributed by atoms with Crippen LogP contribution in [0, 0.1) is 13.8 Å². The van der Waals surface area contributed by atoms with Gasteiger partial charge in [-0.3, -0.25) is 9.59 Å². The summed E-state index contributed by atoms with van der Waals surface area (Å²) in [5.74, 6) is 0.0157. The van der Waals surface area contributed by atoms with E-state index in [9.17, 15) is 14.4 Å². The normalized spacial score (nSPS) is 12.7. The first-order valence-corrected chi connectivity index (χ1v) is 15.2. The number of thioether (sulfide) groups is 1. The molecule has 0 saturated heterocycles. The van der Waals surface area contributed by atoms with Crippen molar-refractivity contribution in [2.45, 2.75) is 78.5 Å². The van der Waals surface area contributed by atoms with Gasteiger partial charge < -0.3 is 20.3 Å². The molecule has 2 aromatic rings. The Bertz CT molecular complexity index is 1150. The molecule has 0 aliphatic carbocycles. The van der Waals surface area contributed by atoms with Crippen LogP contribution in [0.5, 0.6) is 0 Å². The lowest BCUT2D eigenvalue weighted by Crippen LogP contribution is -2.52. The summed E-state index contributed by atoms with van der Waals surface area (Å²) in [6.07, 6.45) is 4.93. The maximum Gasteiger partial charge on any atom is 0.408 e. The van der Waals surface area contributed by atoms with Crippen LogP contribution >= 0.6 is 11.8 Å². The number of amides is 3. The van der Waals surface area contributed by atoms with E-state index in [1.165, 1.54) is 0 Å². The van der Waals surface area contributed by atoms with Gasteiger partial charge in [0.1, 0.15) is 17.7 Å². The molecule has 0 bridgehead atoms. The largest absolute Gasteiger partial charge is 0.444 e. The molecule has 218 valence electrons. The summed E-state index contributed by atoms with van der Waals surface area (Å²) < 4.78 is 5.47. The summed E-state index contributed by atoms with van der Waals surface area (Å²) >= 11 is 1.58. The van der Waals surface area contributed by atoms with Gasteiger partial charge in [0.15, 0.2) is 0 Å². The maximum atomic E-state index is 14.3. The molecule has 0 spiro atoms. The summed E-state index contributed by atoms with van der Waals surface area (Å²) in [5.41, 5.74) is 3.40. The van der Waals surface area contributed by atoms with Crippen molar-refractivity contribution < 1.29 is 19.1 Å². The first-order chi connectivity index (χ1) is 18.9. The fourth-order valence-electron chi connectivity index (χ4n) is 4.37. The third-order valence-electron chi connectivity index (χ3n) is 6.39. The monoisotopic (exact) mass is 567 g/mol. The lowest BCUT2D eigenvalue weighted by Gasteiger charge is -2.35. The second-order valence-corrected chi connectivity index (χ2v) is 11.9. The molecule has 40 heavy (non-hydrogen) atoms. The molecule has 0 fully saturated rings. The average Bonchev–Trinajstić information content (AvgIpc) is 2.89. The number of benzene rings is 2. The Kier molecular flexibility index (Phi) is 12.8. The number of nitrogens with one attached hydrogen (secondary N) is 2. The van der Waals surface area contributed by atoms with E-state index in [-0.39, 0.29) is 11.8 Å². The van der Waals surface area contributed by atoms with Crippen molar-refractivity contribution in [1.29, 1.82) is 0 Å². The predicted octanol–water partition coefficient (Wildman–Crippen LogP) is 6.90. The third-order valence-corrected chi connectivity index (χ3v) is 7.03. The molecule has 2 aromatic carbocycles.